The van der Waals surface area contributed by atoms with Gasteiger partial charge < -0.3 is 10.2 Å². The van der Waals surface area contributed by atoms with Gasteiger partial charge in [0, 0.05) is 32.0 Å². The van der Waals surface area contributed by atoms with Gasteiger partial charge in [-0.2, -0.15) is 0 Å². The van der Waals surface area contributed by atoms with Crippen molar-refractivity contribution < 1.29 is 9.59 Å². The molecular weight excluding hydrogens is 312 g/mol. The van der Waals surface area contributed by atoms with E-state index in [0.29, 0.717) is 36.6 Å². The molecule has 2 aliphatic rings. The van der Waals surface area contributed by atoms with Gasteiger partial charge in [-0.05, 0) is 37.5 Å². The van der Waals surface area contributed by atoms with Crippen LogP contribution in [0.5, 0.6) is 0 Å². The molecular formula is C21H38N2O2. The van der Waals surface area contributed by atoms with E-state index in [0.717, 1.165) is 58.0 Å². The number of rotatable bonds is 8. The van der Waals surface area contributed by atoms with Crippen LogP contribution in [0.25, 0.3) is 0 Å². The van der Waals surface area contributed by atoms with Crippen molar-refractivity contribution in [3.63, 3.8) is 0 Å². The quantitative estimate of drug-likeness (QED) is 0.664. The van der Waals surface area contributed by atoms with Gasteiger partial charge in [0.2, 0.25) is 11.8 Å². The number of hydrogen-bond acceptors (Lipinski definition) is 2. The Morgan fingerprint density at radius 2 is 1.76 bits per heavy atom. The normalized spacial score (nSPS) is 25.0. The highest BCUT2D eigenvalue weighted by atomic mass is 16.2. The van der Waals surface area contributed by atoms with Gasteiger partial charge in [0.15, 0.2) is 0 Å². The summed E-state index contributed by atoms with van der Waals surface area (Å²) in [6, 6.07) is 0.404. The lowest BCUT2D eigenvalue weighted by Crippen LogP contribution is -2.45. The van der Waals surface area contributed by atoms with Crippen molar-refractivity contribution >= 4 is 11.8 Å². The maximum absolute atomic E-state index is 12.4. The number of carbonyl (C=O) groups excluding carboxylic acids is 2. The Balaban J connectivity index is 1.76. The van der Waals surface area contributed by atoms with E-state index in [1.54, 1.807) is 0 Å². The molecule has 2 rings (SSSR count). The maximum atomic E-state index is 12.4. The minimum absolute atomic E-state index is 0.234. The summed E-state index contributed by atoms with van der Waals surface area (Å²) in [6.07, 6.45) is 12.8. The summed E-state index contributed by atoms with van der Waals surface area (Å²) >= 11 is 0. The van der Waals surface area contributed by atoms with Gasteiger partial charge in [-0.15, -0.1) is 0 Å². The van der Waals surface area contributed by atoms with E-state index >= 15 is 0 Å². The summed E-state index contributed by atoms with van der Waals surface area (Å²) < 4.78 is 0. The van der Waals surface area contributed by atoms with Crippen molar-refractivity contribution in [3.8, 4) is 0 Å². The van der Waals surface area contributed by atoms with Crippen molar-refractivity contribution in [3.05, 3.63) is 0 Å². The highest BCUT2D eigenvalue weighted by Gasteiger charge is 2.31. The van der Waals surface area contributed by atoms with Gasteiger partial charge in [0.25, 0.3) is 0 Å². The smallest absolute Gasteiger partial charge is 0.222 e. The molecule has 1 aliphatic carbocycles. The summed E-state index contributed by atoms with van der Waals surface area (Å²) in [4.78, 5) is 26.9. The van der Waals surface area contributed by atoms with Gasteiger partial charge in [-0.3, -0.25) is 9.59 Å². The second-order valence-corrected chi connectivity index (χ2v) is 8.12. The number of nitrogens with zero attached hydrogens (tertiary/aromatic N) is 1. The molecule has 2 atom stereocenters. The van der Waals surface area contributed by atoms with Crippen LogP contribution in [-0.4, -0.2) is 35.8 Å². The topological polar surface area (TPSA) is 49.4 Å². The number of likely N-dealkylation sites (tertiary alicyclic amines) is 1. The third-order valence-electron chi connectivity index (χ3n) is 6.18. The van der Waals surface area contributed by atoms with E-state index in [2.05, 4.69) is 24.1 Å². The zero-order chi connectivity index (χ0) is 18.1. The maximum Gasteiger partial charge on any atom is 0.222 e. The lowest BCUT2D eigenvalue weighted by Gasteiger charge is -2.38. The van der Waals surface area contributed by atoms with Crippen molar-refractivity contribution in [2.75, 3.05) is 13.1 Å². The summed E-state index contributed by atoms with van der Waals surface area (Å²) in [5, 5.41) is 3.26. The average Bonchev–Trinajstić information content (AvgIpc) is 2.63. The van der Waals surface area contributed by atoms with E-state index in [1.165, 1.54) is 19.3 Å². The molecule has 0 spiro atoms. The third-order valence-corrected chi connectivity index (χ3v) is 6.18. The van der Waals surface area contributed by atoms with E-state index in [-0.39, 0.29) is 5.91 Å². The van der Waals surface area contributed by atoms with Crippen LogP contribution in [0.1, 0.15) is 90.9 Å². The number of unbranched alkanes of at least 4 members (excludes halogenated alkanes) is 2. The summed E-state index contributed by atoms with van der Waals surface area (Å²) in [7, 11) is 0. The molecule has 1 N–H and O–H groups in total. The molecule has 0 bridgehead atoms. The minimum Gasteiger partial charge on any atom is -0.353 e. The standard InChI is InChI=1S/C21H38N2O2/c1-3-5-7-12-21(25)23-14-13-18(17(4-2)16-23)15-20(24)22-19-10-8-6-9-11-19/h17-19H,3-16H2,1-2H3,(H,22,24)/t17-,18-/m0/s1. The molecule has 4 heteroatoms. The van der Waals surface area contributed by atoms with Crippen LogP contribution in [0.15, 0.2) is 0 Å². The number of hydrogen-bond donors (Lipinski definition) is 1. The van der Waals surface area contributed by atoms with E-state index in [1.807, 2.05) is 0 Å². The first-order valence-corrected chi connectivity index (χ1v) is 10.7. The van der Waals surface area contributed by atoms with Gasteiger partial charge >= 0.3 is 0 Å². The molecule has 25 heavy (non-hydrogen) atoms. The number of carbonyl (C=O) groups is 2. The van der Waals surface area contributed by atoms with E-state index < -0.39 is 0 Å². The van der Waals surface area contributed by atoms with Crippen molar-refractivity contribution in [1.29, 1.82) is 0 Å². The first-order valence-electron chi connectivity index (χ1n) is 10.7. The van der Waals surface area contributed by atoms with Gasteiger partial charge in [-0.1, -0.05) is 52.4 Å². The summed E-state index contributed by atoms with van der Waals surface area (Å²) in [5.41, 5.74) is 0. The predicted molar refractivity (Wildman–Crippen MR) is 102 cm³/mol. The molecule has 1 saturated carbocycles. The Bertz CT molecular complexity index is 418. The van der Waals surface area contributed by atoms with Crippen LogP contribution in [-0.2, 0) is 9.59 Å². The van der Waals surface area contributed by atoms with Crippen LogP contribution < -0.4 is 5.32 Å². The summed E-state index contributed by atoms with van der Waals surface area (Å²) in [6.45, 7) is 6.05. The number of amides is 2. The van der Waals surface area contributed by atoms with E-state index in [9.17, 15) is 9.59 Å². The average molecular weight is 351 g/mol. The van der Waals surface area contributed by atoms with E-state index in [4.69, 9.17) is 0 Å². The van der Waals surface area contributed by atoms with Crippen LogP contribution in [0.2, 0.25) is 0 Å². The molecule has 0 aromatic rings. The zero-order valence-corrected chi connectivity index (χ0v) is 16.4. The number of piperidine rings is 1. The first kappa shape index (κ1) is 20.3. The lowest BCUT2D eigenvalue weighted by atomic mass is 9.81. The zero-order valence-electron chi connectivity index (χ0n) is 16.4. The minimum atomic E-state index is 0.234. The largest absolute Gasteiger partial charge is 0.353 e. The SMILES string of the molecule is CCCCCC(=O)N1CC[C@@H](CC(=O)NC2CCCCC2)[C@@H](CC)C1. The second kappa shape index (κ2) is 10.8. The van der Waals surface area contributed by atoms with Crippen LogP contribution in [0, 0.1) is 11.8 Å². The monoisotopic (exact) mass is 350 g/mol. The highest BCUT2D eigenvalue weighted by Crippen LogP contribution is 2.30. The van der Waals surface area contributed by atoms with Gasteiger partial charge in [0.1, 0.15) is 0 Å². The Morgan fingerprint density at radius 3 is 2.44 bits per heavy atom. The molecule has 0 unspecified atom stereocenters. The molecule has 2 fully saturated rings. The highest BCUT2D eigenvalue weighted by molar-refractivity contribution is 5.77. The molecule has 144 valence electrons. The lowest BCUT2D eigenvalue weighted by molar-refractivity contribution is -0.134. The Kier molecular flexibility index (Phi) is 8.77. The molecule has 2 amide bonds. The fraction of sp³-hybridized carbons (Fsp3) is 0.905. The fourth-order valence-corrected chi connectivity index (χ4v) is 4.49. The summed E-state index contributed by atoms with van der Waals surface area (Å²) in [5.74, 6) is 1.46. The molecule has 1 saturated heterocycles. The van der Waals surface area contributed by atoms with Crippen molar-refractivity contribution in [2.45, 2.75) is 96.9 Å². The van der Waals surface area contributed by atoms with Gasteiger partial charge in [-0.25, -0.2) is 0 Å². The molecule has 4 nitrogen and oxygen atoms in total. The second-order valence-electron chi connectivity index (χ2n) is 8.12. The van der Waals surface area contributed by atoms with Crippen LogP contribution >= 0.6 is 0 Å². The molecule has 1 aliphatic heterocycles. The third kappa shape index (κ3) is 6.63. The van der Waals surface area contributed by atoms with Crippen LogP contribution in [0.4, 0.5) is 0 Å². The van der Waals surface area contributed by atoms with Gasteiger partial charge in [0.05, 0.1) is 0 Å². The molecule has 1 heterocycles. The molecule has 0 aromatic heterocycles. The first-order chi connectivity index (χ1) is 12.1. The Morgan fingerprint density at radius 1 is 1.00 bits per heavy atom. The molecule has 0 radical (unpaired) electrons. The Labute approximate surface area is 154 Å². The van der Waals surface area contributed by atoms with Crippen LogP contribution in [0.3, 0.4) is 0 Å². The molecule has 0 aromatic carbocycles. The predicted octanol–water partition coefficient (Wildman–Crippen LogP) is 4.28. The van der Waals surface area contributed by atoms with Crippen molar-refractivity contribution in [1.82, 2.24) is 10.2 Å². The Hall–Kier alpha value is -1.06. The fourth-order valence-electron chi connectivity index (χ4n) is 4.49. The number of nitrogens with one attached hydrogen (secondary N) is 1. The van der Waals surface area contributed by atoms with Crippen molar-refractivity contribution in [2.24, 2.45) is 11.8 Å².